The minimum Gasteiger partial charge on any atom is -0.495 e. The topological polar surface area (TPSA) is 61.0 Å². The van der Waals surface area contributed by atoms with E-state index in [1.807, 2.05) is 25.1 Å². The molecule has 0 aliphatic heterocycles. The summed E-state index contributed by atoms with van der Waals surface area (Å²) in [4.78, 5) is 8.69. The fourth-order valence-electron chi connectivity index (χ4n) is 1.89. The lowest BCUT2D eigenvalue weighted by Crippen LogP contribution is -2.06. The summed E-state index contributed by atoms with van der Waals surface area (Å²) in [6.07, 6.45) is 2.40. The third-order valence-corrected chi connectivity index (χ3v) is 3.14. The van der Waals surface area contributed by atoms with Crippen molar-refractivity contribution in [1.82, 2.24) is 9.97 Å². The van der Waals surface area contributed by atoms with Gasteiger partial charge in [0.2, 0.25) is 0 Å². The van der Waals surface area contributed by atoms with E-state index >= 15 is 0 Å². The zero-order valence-corrected chi connectivity index (χ0v) is 11.7. The molecule has 0 spiro atoms. The van der Waals surface area contributed by atoms with Crippen LogP contribution in [0, 0.1) is 6.92 Å². The van der Waals surface area contributed by atoms with E-state index in [0.717, 1.165) is 22.6 Å². The van der Waals surface area contributed by atoms with Crippen LogP contribution in [0.2, 0.25) is 5.02 Å². The van der Waals surface area contributed by atoms with Gasteiger partial charge in [0.15, 0.2) is 0 Å². The number of benzene rings is 1. The summed E-state index contributed by atoms with van der Waals surface area (Å²) in [6.45, 7) is 2.53. The van der Waals surface area contributed by atoms with Gasteiger partial charge in [-0.05, 0) is 37.2 Å². The van der Waals surface area contributed by atoms with Crippen LogP contribution in [0.25, 0.3) is 11.3 Å². The van der Waals surface area contributed by atoms with Crippen molar-refractivity contribution >= 4 is 11.6 Å². The maximum Gasteiger partial charge on any atom is 0.137 e. The summed E-state index contributed by atoms with van der Waals surface area (Å²) in [6, 6.07) is 5.64. The summed E-state index contributed by atoms with van der Waals surface area (Å²) >= 11 is 6.16. The summed E-state index contributed by atoms with van der Waals surface area (Å²) in [5, 5.41) is 0.571. The Morgan fingerprint density at radius 2 is 2.16 bits per heavy atom. The molecular formula is C14H16ClN3O. The van der Waals surface area contributed by atoms with Gasteiger partial charge in [0.05, 0.1) is 17.8 Å². The van der Waals surface area contributed by atoms with Crippen LogP contribution in [-0.2, 0) is 6.42 Å². The Bertz CT molecular complexity index is 587. The molecule has 0 fully saturated rings. The van der Waals surface area contributed by atoms with Crippen molar-refractivity contribution in [3.8, 4) is 17.0 Å². The average molecular weight is 278 g/mol. The molecule has 0 atom stereocenters. The quantitative estimate of drug-likeness (QED) is 0.933. The van der Waals surface area contributed by atoms with E-state index < -0.39 is 0 Å². The van der Waals surface area contributed by atoms with Crippen molar-refractivity contribution in [3.05, 3.63) is 40.8 Å². The second-order valence-corrected chi connectivity index (χ2v) is 4.61. The van der Waals surface area contributed by atoms with E-state index in [0.29, 0.717) is 23.7 Å². The van der Waals surface area contributed by atoms with Gasteiger partial charge in [-0.25, -0.2) is 9.97 Å². The van der Waals surface area contributed by atoms with Crippen molar-refractivity contribution in [2.75, 3.05) is 13.7 Å². The van der Waals surface area contributed by atoms with E-state index in [4.69, 9.17) is 22.1 Å². The second-order valence-electron chi connectivity index (χ2n) is 4.20. The smallest absolute Gasteiger partial charge is 0.137 e. The number of aromatic nitrogens is 2. The number of ether oxygens (including phenoxy) is 1. The molecule has 0 saturated heterocycles. The van der Waals surface area contributed by atoms with Crippen LogP contribution < -0.4 is 10.5 Å². The van der Waals surface area contributed by atoms with Crippen LogP contribution in [0.3, 0.4) is 0 Å². The minimum absolute atomic E-state index is 0.534. The number of nitrogens with zero attached hydrogens (tertiary/aromatic N) is 2. The fraction of sp³-hybridized carbons (Fsp3) is 0.286. The molecular weight excluding hydrogens is 262 g/mol. The van der Waals surface area contributed by atoms with Gasteiger partial charge in [0.25, 0.3) is 0 Å². The molecule has 0 bridgehead atoms. The highest BCUT2D eigenvalue weighted by Gasteiger charge is 2.10. The number of hydrogen-bond donors (Lipinski definition) is 1. The number of methoxy groups -OCH3 is 1. The molecule has 4 nitrogen and oxygen atoms in total. The van der Waals surface area contributed by atoms with Gasteiger partial charge in [-0.3, -0.25) is 0 Å². The minimum atomic E-state index is 0.534. The van der Waals surface area contributed by atoms with Gasteiger partial charge in [-0.2, -0.15) is 0 Å². The van der Waals surface area contributed by atoms with Crippen LogP contribution in [0.15, 0.2) is 24.4 Å². The maximum absolute atomic E-state index is 6.16. The molecule has 100 valence electrons. The maximum atomic E-state index is 6.16. The Morgan fingerprint density at radius 3 is 2.84 bits per heavy atom. The summed E-state index contributed by atoms with van der Waals surface area (Å²) < 4.78 is 5.20. The molecule has 0 aliphatic rings. The Labute approximate surface area is 117 Å². The normalized spacial score (nSPS) is 10.5. The lowest BCUT2D eigenvalue weighted by Gasteiger charge is -2.10. The van der Waals surface area contributed by atoms with E-state index in [1.54, 1.807) is 13.3 Å². The van der Waals surface area contributed by atoms with Crippen molar-refractivity contribution in [3.63, 3.8) is 0 Å². The largest absolute Gasteiger partial charge is 0.495 e. The molecule has 5 heteroatoms. The molecule has 1 heterocycles. The van der Waals surface area contributed by atoms with Gasteiger partial charge in [0.1, 0.15) is 11.6 Å². The molecule has 0 unspecified atom stereocenters. The number of aryl methyl sites for hydroxylation is 1. The molecule has 2 aromatic rings. The third kappa shape index (κ3) is 3.03. The van der Waals surface area contributed by atoms with Gasteiger partial charge < -0.3 is 10.5 Å². The molecule has 0 aliphatic carbocycles. The highest BCUT2D eigenvalue weighted by molar-refractivity contribution is 6.32. The Kier molecular flexibility index (Phi) is 4.35. The Hall–Kier alpha value is -1.65. The lowest BCUT2D eigenvalue weighted by atomic mass is 10.0. The highest BCUT2D eigenvalue weighted by Crippen LogP contribution is 2.32. The van der Waals surface area contributed by atoms with E-state index in [9.17, 15) is 0 Å². The first-order valence-electron chi connectivity index (χ1n) is 6.02. The van der Waals surface area contributed by atoms with E-state index in [2.05, 4.69) is 9.97 Å². The molecule has 0 saturated carbocycles. The van der Waals surface area contributed by atoms with Crippen LogP contribution in [0.1, 0.15) is 11.4 Å². The predicted molar refractivity (Wildman–Crippen MR) is 76.5 cm³/mol. The number of hydrogen-bond acceptors (Lipinski definition) is 4. The number of rotatable bonds is 4. The zero-order chi connectivity index (χ0) is 13.8. The third-order valence-electron chi connectivity index (χ3n) is 2.85. The first-order valence-corrected chi connectivity index (χ1v) is 6.40. The zero-order valence-electron chi connectivity index (χ0n) is 11.0. The Morgan fingerprint density at radius 1 is 1.37 bits per heavy atom. The SMILES string of the molecule is COc1cc(C)c(-c2ccnc(CCN)n2)cc1Cl. The number of halogens is 1. The van der Waals surface area contributed by atoms with Crippen molar-refractivity contribution < 1.29 is 4.74 Å². The monoisotopic (exact) mass is 277 g/mol. The van der Waals surface area contributed by atoms with E-state index in [1.165, 1.54) is 0 Å². The van der Waals surface area contributed by atoms with Crippen molar-refractivity contribution in [2.45, 2.75) is 13.3 Å². The van der Waals surface area contributed by atoms with Crippen LogP contribution >= 0.6 is 11.6 Å². The van der Waals surface area contributed by atoms with Crippen LogP contribution in [0.4, 0.5) is 0 Å². The number of nitrogens with two attached hydrogens (primary N) is 1. The van der Waals surface area contributed by atoms with Gasteiger partial charge >= 0.3 is 0 Å². The first kappa shape index (κ1) is 13.8. The van der Waals surface area contributed by atoms with Gasteiger partial charge in [-0.1, -0.05) is 11.6 Å². The predicted octanol–water partition coefficient (Wildman–Crippen LogP) is 2.62. The van der Waals surface area contributed by atoms with Crippen LogP contribution in [-0.4, -0.2) is 23.6 Å². The van der Waals surface area contributed by atoms with E-state index in [-0.39, 0.29) is 0 Å². The Balaban J connectivity index is 2.46. The molecule has 0 amide bonds. The molecule has 19 heavy (non-hydrogen) atoms. The van der Waals surface area contributed by atoms with Crippen LogP contribution in [0.5, 0.6) is 5.75 Å². The molecule has 1 aromatic carbocycles. The summed E-state index contributed by atoms with van der Waals surface area (Å²) in [5.74, 6) is 1.41. The summed E-state index contributed by atoms with van der Waals surface area (Å²) in [7, 11) is 1.60. The standard InChI is InChI=1S/C14H16ClN3O/c1-9-7-13(19-2)11(15)8-10(9)12-4-6-17-14(18-12)3-5-16/h4,6-8H,3,5,16H2,1-2H3. The molecule has 2 N–H and O–H groups in total. The van der Waals surface area contributed by atoms with Crippen molar-refractivity contribution in [2.24, 2.45) is 5.73 Å². The summed E-state index contributed by atoms with van der Waals surface area (Å²) in [5.41, 5.74) is 8.40. The molecule has 0 radical (unpaired) electrons. The average Bonchev–Trinajstić information content (AvgIpc) is 2.41. The molecule has 1 aromatic heterocycles. The molecule has 2 rings (SSSR count). The van der Waals surface area contributed by atoms with Crippen molar-refractivity contribution in [1.29, 1.82) is 0 Å². The first-order chi connectivity index (χ1) is 9.15. The van der Waals surface area contributed by atoms with Gasteiger partial charge in [0, 0.05) is 18.2 Å². The fourth-order valence-corrected chi connectivity index (χ4v) is 2.13. The van der Waals surface area contributed by atoms with Gasteiger partial charge in [-0.15, -0.1) is 0 Å². The second kappa shape index (κ2) is 5.99. The lowest BCUT2D eigenvalue weighted by molar-refractivity contribution is 0.415. The highest BCUT2D eigenvalue weighted by atomic mass is 35.5.